The molecule has 1 aromatic carbocycles. The van der Waals surface area contributed by atoms with E-state index < -0.39 is 23.1 Å². The highest BCUT2D eigenvalue weighted by atomic mass is 35.5. The minimum absolute atomic E-state index is 0.173. The summed E-state index contributed by atoms with van der Waals surface area (Å²) in [5.74, 6) is -1.92. The van der Waals surface area contributed by atoms with Crippen LogP contribution in [0, 0.1) is 24.5 Å². The molecule has 0 N–H and O–H groups in total. The fraction of sp³-hybridized carbons (Fsp3) is 0.500. The van der Waals surface area contributed by atoms with Gasteiger partial charge in [-0.2, -0.15) is 0 Å². The Morgan fingerprint density at radius 3 is 2.74 bits per heavy atom. The molecule has 0 spiro atoms. The van der Waals surface area contributed by atoms with Crippen molar-refractivity contribution in [1.82, 2.24) is 4.90 Å². The van der Waals surface area contributed by atoms with Gasteiger partial charge in [0.2, 0.25) is 0 Å². The van der Waals surface area contributed by atoms with E-state index in [0.29, 0.717) is 19.0 Å². The van der Waals surface area contributed by atoms with Crippen LogP contribution in [0.5, 0.6) is 0 Å². The van der Waals surface area contributed by atoms with Crippen LogP contribution in [0.3, 0.4) is 0 Å². The van der Waals surface area contributed by atoms with E-state index in [1.165, 1.54) is 17.9 Å². The first kappa shape index (κ1) is 14.3. The summed E-state index contributed by atoms with van der Waals surface area (Å²) in [7, 11) is 0. The van der Waals surface area contributed by atoms with E-state index >= 15 is 0 Å². The molecule has 104 valence electrons. The second kappa shape index (κ2) is 5.45. The molecule has 1 heterocycles. The van der Waals surface area contributed by atoms with Crippen LogP contribution >= 0.6 is 11.6 Å². The van der Waals surface area contributed by atoms with Crippen LogP contribution in [0.15, 0.2) is 12.1 Å². The van der Waals surface area contributed by atoms with Gasteiger partial charge in [0.05, 0.1) is 5.38 Å². The van der Waals surface area contributed by atoms with Gasteiger partial charge in [0.25, 0.3) is 5.91 Å². The molecule has 1 aliphatic heterocycles. The van der Waals surface area contributed by atoms with Crippen molar-refractivity contribution < 1.29 is 13.6 Å². The van der Waals surface area contributed by atoms with E-state index in [-0.39, 0.29) is 10.9 Å². The first-order valence-electron chi connectivity index (χ1n) is 6.29. The number of halogens is 3. The summed E-state index contributed by atoms with van der Waals surface area (Å²) in [4.78, 5) is 13.7. The molecular formula is C14H16ClF2NO. The minimum Gasteiger partial charge on any atom is -0.337 e. The van der Waals surface area contributed by atoms with Gasteiger partial charge >= 0.3 is 0 Å². The maximum atomic E-state index is 13.9. The first-order valence-corrected chi connectivity index (χ1v) is 6.73. The molecule has 0 aromatic heterocycles. The van der Waals surface area contributed by atoms with Crippen LogP contribution in [0.1, 0.15) is 29.3 Å². The molecule has 1 aliphatic rings. The van der Waals surface area contributed by atoms with Gasteiger partial charge in [-0.3, -0.25) is 4.79 Å². The van der Waals surface area contributed by atoms with E-state index in [4.69, 9.17) is 11.6 Å². The standard InChI is InChI=1S/C14H16ClF2NO/c1-8-5-6-18(7-10(8)15)14(19)12-11(16)4-3-9(2)13(12)17/h3-4,8,10H,5-7H2,1-2H3. The van der Waals surface area contributed by atoms with Crippen molar-refractivity contribution in [3.05, 3.63) is 34.9 Å². The Balaban J connectivity index is 2.28. The van der Waals surface area contributed by atoms with E-state index in [1.807, 2.05) is 6.92 Å². The van der Waals surface area contributed by atoms with E-state index in [1.54, 1.807) is 0 Å². The quantitative estimate of drug-likeness (QED) is 0.725. The van der Waals surface area contributed by atoms with Crippen LogP contribution in [0.4, 0.5) is 8.78 Å². The molecular weight excluding hydrogens is 272 g/mol. The lowest BCUT2D eigenvalue weighted by Crippen LogP contribution is -2.44. The lowest BCUT2D eigenvalue weighted by atomic mass is 9.97. The Labute approximate surface area is 116 Å². The Morgan fingerprint density at radius 2 is 2.11 bits per heavy atom. The molecule has 1 fully saturated rings. The number of amides is 1. The van der Waals surface area contributed by atoms with Gasteiger partial charge in [0.15, 0.2) is 0 Å². The number of hydrogen-bond donors (Lipinski definition) is 0. The summed E-state index contributed by atoms with van der Waals surface area (Å²) in [6.07, 6.45) is 0.745. The average molecular weight is 288 g/mol. The SMILES string of the molecule is Cc1ccc(F)c(C(=O)N2CCC(C)C(Cl)C2)c1F. The zero-order valence-electron chi connectivity index (χ0n) is 10.9. The Kier molecular flexibility index (Phi) is 4.09. The van der Waals surface area contributed by atoms with E-state index in [0.717, 1.165) is 12.5 Å². The van der Waals surface area contributed by atoms with Crippen molar-refractivity contribution in [3.8, 4) is 0 Å². The first-order chi connectivity index (χ1) is 8.91. The number of piperidine rings is 1. The number of benzene rings is 1. The van der Waals surface area contributed by atoms with Crippen molar-refractivity contribution in [1.29, 1.82) is 0 Å². The molecule has 2 rings (SSSR count). The molecule has 1 aromatic rings. The molecule has 2 atom stereocenters. The predicted octanol–water partition coefficient (Wildman–Crippen LogP) is 3.36. The van der Waals surface area contributed by atoms with Gasteiger partial charge in [-0.15, -0.1) is 11.6 Å². The zero-order valence-corrected chi connectivity index (χ0v) is 11.7. The van der Waals surface area contributed by atoms with Gasteiger partial charge in [-0.25, -0.2) is 8.78 Å². The fourth-order valence-corrected chi connectivity index (χ4v) is 2.51. The van der Waals surface area contributed by atoms with Crippen LogP contribution < -0.4 is 0 Å². The maximum absolute atomic E-state index is 13.9. The molecule has 1 saturated heterocycles. The number of hydrogen-bond acceptors (Lipinski definition) is 1. The Bertz CT molecular complexity index is 506. The molecule has 0 radical (unpaired) electrons. The number of carbonyl (C=O) groups excluding carboxylic acids is 1. The highest BCUT2D eigenvalue weighted by molar-refractivity contribution is 6.21. The molecule has 2 unspecified atom stereocenters. The molecule has 0 aliphatic carbocycles. The van der Waals surface area contributed by atoms with Crippen molar-refractivity contribution >= 4 is 17.5 Å². The number of aryl methyl sites for hydroxylation is 1. The Hall–Kier alpha value is -1.16. The summed E-state index contributed by atoms with van der Waals surface area (Å²) >= 11 is 6.12. The molecule has 5 heteroatoms. The molecule has 19 heavy (non-hydrogen) atoms. The van der Waals surface area contributed by atoms with Gasteiger partial charge in [0, 0.05) is 13.1 Å². The van der Waals surface area contributed by atoms with Gasteiger partial charge in [-0.05, 0) is 30.9 Å². The third-order valence-electron chi connectivity index (χ3n) is 3.65. The third-order valence-corrected chi connectivity index (χ3v) is 4.22. The van der Waals surface area contributed by atoms with Crippen LogP contribution in [0.2, 0.25) is 0 Å². The molecule has 0 bridgehead atoms. The van der Waals surface area contributed by atoms with Gasteiger partial charge in [-0.1, -0.05) is 13.0 Å². The number of likely N-dealkylation sites (tertiary alicyclic amines) is 1. The number of nitrogens with zero attached hydrogens (tertiary/aromatic N) is 1. The lowest BCUT2D eigenvalue weighted by molar-refractivity contribution is 0.0691. The smallest absolute Gasteiger partial charge is 0.259 e. The van der Waals surface area contributed by atoms with Gasteiger partial charge < -0.3 is 4.90 Å². The fourth-order valence-electron chi connectivity index (χ4n) is 2.22. The highest BCUT2D eigenvalue weighted by Crippen LogP contribution is 2.25. The topological polar surface area (TPSA) is 20.3 Å². The lowest BCUT2D eigenvalue weighted by Gasteiger charge is -2.34. The second-order valence-corrected chi connectivity index (χ2v) is 5.65. The average Bonchev–Trinajstić information content (AvgIpc) is 2.37. The van der Waals surface area contributed by atoms with Crippen molar-refractivity contribution in [2.75, 3.05) is 13.1 Å². The Morgan fingerprint density at radius 1 is 1.42 bits per heavy atom. The zero-order chi connectivity index (χ0) is 14.2. The summed E-state index contributed by atoms with van der Waals surface area (Å²) in [6, 6.07) is 2.44. The van der Waals surface area contributed by atoms with Crippen molar-refractivity contribution in [2.24, 2.45) is 5.92 Å². The highest BCUT2D eigenvalue weighted by Gasteiger charge is 2.30. The second-order valence-electron chi connectivity index (χ2n) is 5.09. The van der Waals surface area contributed by atoms with E-state index in [9.17, 15) is 13.6 Å². The number of carbonyl (C=O) groups is 1. The molecule has 0 saturated carbocycles. The third kappa shape index (κ3) is 2.73. The normalized spacial score (nSPS) is 23.5. The summed E-state index contributed by atoms with van der Waals surface area (Å²) in [5, 5.41) is -0.173. The molecule has 1 amide bonds. The summed E-state index contributed by atoms with van der Waals surface area (Å²) < 4.78 is 27.6. The maximum Gasteiger partial charge on any atom is 0.259 e. The van der Waals surface area contributed by atoms with Crippen LogP contribution in [-0.4, -0.2) is 29.3 Å². The monoisotopic (exact) mass is 287 g/mol. The van der Waals surface area contributed by atoms with Crippen molar-refractivity contribution in [3.63, 3.8) is 0 Å². The largest absolute Gasteiger partial charge is 0.337 e. The van der Waals surface area contributed by atoms with Crippen molar-refractivity contribution in [2.45, 2.75) is 25.6 Å². The summed E-state index contributed by atoms with van der Waals surface area (Å²) in [5.41, 5.74) is -0.212. The molecule has 2 nitrogen and oxygen atoms in total. The van der Waals surface area contributed by atoms with Crippen LogP contribution in [-0.2, 0) is 0 Å². The van der Waals surface area contributed by atoms with Gasteiger partial charge in [0.1, 0.15) is 17.2 Å². The summed E-state index contributed by atoms with van der Waals surface area (Å²) in [6.45, 7) is 4.33. The van der Waals surface area contributed by atoms with E-state index in [2.05, 4.69) is 0 Å². The van der Waals surface area contributed by atoms with Crippen LogP contribution in [0.25, 0.3) is 0 Å². The number of rotatable bonds is 1. The number of alkyl halides is 1. The minimum atomic E-state index is -0.821. The predicted molar refractivity (Wildman–Crippen MR) is 70.4 cm³/mol.